The zero-order chi connectivity index (χ0) is 17.8. The van der Waals surface area contributed by atoms with Crippen LogP contribution < -0.4 is 0 Å². The Hall–Kier alpha value is 0.110. The Labute approximate surface area is 157 Å². The second kappa shape index (κ2) is 6.62. The van der Waals surface area contributed by atoms with Gasteiger partial charge in [0.05, 0.1) is 6.10 Å². The summed E-state index contributed by atoms with van der Waals surface area (Å²) in [5, 5.41) is 11.5. The lowest BCUT2D eigenvalue weighted by Crippen LogP contribution is -2.65. The highest BCUT2D eigenvalue weighted by molar-refractivity contribution is 7.84. The van der Waals surface area contributed by atoms with Gasteiger partial charge in [0.2, 0.25) is 0 Å². The van der Waals surface area contributed by atoms with Gasteiger partial charge in [-0.1, -0.05) is 33.6 Å². The lowest BCUT2D eigenvalue weighted by molar-refractivity contribution is -0.229. The van der Waals surface area contributed by atoms with Crippen molar-refractivity contribution in [2.75, 3.05) is 11.5 Å². The predicted molar refractivity (Wildman–Crippen MR) is 105 cm³/mol. The first-order chi connectivity index (χ1) is 11.9. The molecule has 2 bridgehead atoms. The second-order valence-electron chi connectivity index (χ2n) is 10.3. The molecule has 5 aliphatic rings. The van der Waals surface area contributed by atoms with Crippen molar-refractivity contribution in [3.05, 3.63) is 0 Å². The molecular weight excluding hydrogens is 328 g/mol. The van der Waals surface area contributed by atoms with Crippen LogP contribution in [0.2, 0.25) is 0 Å². The molecule has 144 valence electrons. The average molecular weight is 367 g/mol. The minimum absolute atomic E-state index is 0.151. The molecule has 0 amide bonds. The molecule has 25 heavy (non-hydrogen) atoms. The maximum absolute atomic E-state index is 12.4. The van der Waals surface area contributed by atoms with E-state index in [1.54, 1.807) is 0 Å². The van der Waals surface area contributed by atoms with Gasteiger partial charge < -0.3 is 5.11 Å². The number of hydrogen-bond acceptors (Lipinski definition) is 2. The molecule has 0 aromatic rings. The molecule has 0 aliphatic heterocycles. The number of fused-ring (bicyclic) bond motifs is 3. The van der Waals surface area contributed by atoms with Crippen molar-refractivity contribution in [1.82, 2.24) is 0 Å². The van der Waals surface area contributed by atoms with Crippen molar-refractivity contribution in [2.24, 2.45) is 40.4 Å². The normalized spacial score (nSPS) is 53.1. The highest BCUT2D eigenvalue weighted by atomic mass is 32.2. The van der Waals surface area contributed by atoms with Crippen molar-refractivity contribution in [1.29, 1.82) is 0 Å². The fraction of sp³-hybridized carbons (Fsp3) is 1.00. The summed E-state index contributed by atoms with van der Waals surface area (Å²) >= 11 is 0. The molecule has 1 spiro atoms. The molecule has 0 radical (unpaired) electrons. The molecule has 5 fully saturated rings. The van der Waals surface area contributed by atoms with Crippen molar-refractivity contribution in [3.63, 3.8) is 0 Å². The van der Waals surface area contributed by atoms with Crippen LogP contribution in [-0.2, 0) is 10.8 Å². The van der Waals surface area contributed by atoms with Crippen LogP contribution in [0, 0.1) is 40.4 Å². The highest BCUT2D eigenvalue weighted by Crippen LogP contribution is 2.70. The third-order valence-corrected chi connectivity index (χ3v) is 10.9. The molecule has 5 rings (SSSR count). The van der Waals surface area contributed by atoms with Gasteiger partial charge in [-0.15, -0.1) is 0 Å². The van der Waals surface area contributed by atoms with Crippen LogP contribution in [0.5, 0.6) is 0 Å². The van der Waals surface area contributed by atoms with Crippen LogP contribution in [0.25, 0.3) is 0 Å². The van der Waals surface area contributed by atoms with E-state index in [9.17, 15) is 9.32 Å². The molecule has 1 unspecified atom stereocenters. The van der Waals surface area contributed by atoms with E-state index in [0.29, 0.717) is 23.2 Å². The van der Waals surface area contributed by atoms with Crippen molar-refractivity contribution < 1.29 is 9.32 Å². The Morgan fingerprint density at radius 2 is 1.92 bits per heavy atom. The smallest absolute Gasteiger partial charge is 0.0638 e. The number of aliphatic hydroxyl groups is 1. The minimum atomic E-state index is -0.740. The van der Waals surface area contributed by atoms with Gasteiger partial charge in [0, 0.05) is 22.3 Å². The lowest BCUT2D eigenvalue weighted by atomic mass is 9.37. The zero-order valence-electron chi connectivity index (χ0n) is 16.5. The van der Waals surface area contributed by atoms with Crippen LogP contribution in [0.4, 0.5) is 0 Å². The Bertz CT molecular complexity index is 534. The minimum Gasteiger partial charge on any atom is -0.392 e. The molecule has 9 atom stereocenters. The third kappa shape index (κ3) is 2.70. The SMILES string of the molecule is CCCS(=O)C[C@H]1[C@H]2CC[C@@]3(CC[C@@H]4[C@@H](C)CCC[C@@]4(C)[C@@H]3C2)[C@@H]1O. The third-order valence-electron chi connectivity index (χ3n) is 9.25. The first kappa shape index (κ1) is 18.5. The van der Waals surface area contributed by atoms with E-state index in [1.165, 1.54) is 51.4 Å². The summed E-state index contributed by atoms with van der Waals surface area (Å²) in [6.07, 6.45) is 11.3. The summed E-state index contributed by atoms with van der Waals surface area (Å²) in [6, 6.07) is 0. The quantitative estimate of drug-likeness (QED) is 0.778. The van der Waals surface area contributed by atoms with Crippen LogP contribution in [-0.4, -0.2) is 26.9 Å². The van der Waals surface area contributed by atoms with E-state index in [4.69, 9.17) is 0 Å². The van der Waals surface area contributed by atoms with Gasteiger partial charge in [0.15, 0.2) is 0 Å². The molecule has 0 aromatic carbocycles. The average Bonchev–Trinajstić information content (AvgIpc) is 2.58. The van der Waals surface area contributed by atoms with Gasteiger partial charge in [0.1, 0.15) is 0 Å². The summed E-state index contributed by atoms with van der Waals surface area (Å²) in [5.41, 5.74) is 0.598. The van der Waals surface area contributed by atoms with Crippen molar-refractivity contribution in [2.45, 2.75) is 84.7 Å². The number of rotatable bonds is 4. The Morgan fingerprint density at radius 3 is 2.68 bits per heavy atom. The van der Waals surface area contributed by atoms with E-state index in [2.05, 4.69) is 20.8 Å². The summed E-state index contributed by atoms with van der Waals surface area (Å²) in [6.45, 7) is 7.17. The summed E-state index contributed by atoms with van der Waals surface area (Å²) < 4.78 is 12.4. The molecule has 3 heteroatoms. The maximum Gasteiger partial charge on any atom is 0.0638 e. The van der Waals surface area contributed by atoms with Crippen LogP contribution in [0.15, 0.2) is 0 Å². The Morgan fingerprint density at radius 1 is 1.16 bits per heavy atom. The van der Waals surface area contributed by atoms with Gasteiger partial charge in [-0.3, -0.25) is 4.21 Å². The molecule has 0 heterocycles. The van der Waals surface area contributed by atoms with Crippen LogP contribution in [0.3, 0.4) is 0 Å². The first-order valence-corrected chi connectivity index (χ1v) is 12.4. The number of aliphatic hydroxyl groups excluding tert-OH is 1. The standard InChI is InChI=1S/C22H38O2S/c1-4-12-25(24)14-17-16-7-10-22(20(17)23)11-8-18-15(2)6-5-9-21(18,3)19(22)13-16/h15-20,23H,4-14H2,1-3H3/t15-,16-,17-,18+,19-,20+,21+,22-,25?/m0/s1. The lowest BCUT2D eigenvalue weighted by Gasteiger charge is -2.69. The van der Waals surface area contributed by atoms with Gasteiger partial charge in [-0.05, 0) is 85.4 Å². The predicted octanol–water partition coefficient (Wildman–Crippen LogP) is 4.77. The van der Waals surface area contributed by atoms with E-state index >= 15 is 0 Å². The molecule has 5 saturated carbocycles. The van der Waals surface area contributed by atoms with Gasteiger partial charge in [-0.2, -0.15) is 0 Å². The molecular formula is C22H38O2S. The maximum atomic E-state index is 12.4. The van der Waals surface area contributed by atoms with Gasteiger partial charge >= 0.3 is 0 Å². The Kier molecular flexibility index (Phi) is 4.89. The second-order valence-corrected chi connectivity index (χ2v) is 11.9. The zero-order valence-corrected chi connectivity index (χ0v) is 17.3. The molecule has 5 aliphatic carbocycles. The summed E-state index contributed by atoms with van der Waals surface area (Å²) in [4.78, 5) is 0. The summed E-state index contributed by atoms with van der Waals surface area (Å²) in [5.74, 6) is 4.94. The van der Waals surface area contributed by atoms with Crippen molar-refractivity contribution >= 4 is 10.8 Å². The Balaban J connectivity index is 1.61. The fourth-order valence-electron chi connectivity index (χ4n) is 8.15. The van der Waals surface area contributed by atoms with E-state index in [0.717, 1.165) is 29.8 Å². The van der Waals surface area contributed by atoms with Crippen LogP contribution >= 0.6 is 0 Å². The molecule has 0 saturated heterocycles. The van der Waals surface area contributed by atoms with E-state index in [1.807, 2.05) is 0 Å². The largest absolute Gasteiger partial charge is 0.392 e. The molecule has 1 N–H and O–H groups in total. The molecule has 0 aromatic heterocycles. The van der Waals surface area contributed by atoms with Crippen molar-refractivity contribution in [3.8, 4) is 0 Å². The highest BCUT2D eigenvalue weighted by Gasteiger charge is 2.65. The van der Waals surface area contributed by atoms with E-state index < -0.39 is 10.8 Å². The topological polar surface area (TPSA) is 37.3 Å². The summed E-state index contributed by atoms with van der Waals surface area (Å²) in [7, 11) is -0.740. The monoisotopic (exact) mass is 366 g/mol. The van der Waals surface area contributed by atoms with E-state index in [-0.39, 0.29) is 11.5 Å². The fourth-order valence-corrected chi connectivity index (χ4v) is 9.65. The first-order valence-electron chi connectivity index (χ1n) is 11.0. The van der Waals surface area contributed by atoms with Gasteiger partial charge in [-0.25, -0.2) is 0 Å². The van der Waals surface area contributed by atoms with Gasteiger partial charge in [0.25, 0.3) is 0 Å². The van der Waals surface area contributed by atoms with Crippen LogP contribution in [0.1, 0.15) is 78.6 Å². The molecule has 2 nitrogen and oxygen atoms in total. The number of hydrogen-bond donors (Lipinski definition) is 1.